The lowest BCUT2D eigenvalue weighted by atomic mass is 9.86. The first-order valence-electron chi connectivity index (χ1n) is 6.51. The molecule has 1 aromatic heterocycles. The Morgan fingerprint density at radius 2 is 2.45 bits per heavy atom. The maximum Gasteiger partial charge on any atom is 0.227 e. The summed E-state index contributed by atoms with van der Waals surface area (Å²) in [5, 5.41) is 9.46. The average Bonchev–Trinajstić information content (AvgIpc) is 2.91. The summed E-state index contributed by atoms with van der Waals surface area (Å²) >= 11 is -1.74. The topological polar surface area (TPSA) is 77.3 Å². The van der Waals surface area contributed by atoms with Crippen molar-refractivity contribution >= 4 is 17.6 Å². The molecule has 2 N–H and O–H groups in total. The molecule has 1 heterocycles. The summed E-state index contributed by atoms with van der Waals surface area (Å²) in [7, 11) is 1.53. The molecule has 5 nitrogen and oxygen atoms in total. The molecule has 1 fully saturated rings. The van der Waals surface area contributed by atoms with Crippen molar-refractivity contribution < 1.29 is 18.8 Å². The number of nitrogens with zero attached hydrogens (tertiary/aromatic N) is 1. The minimum Gasteiger partial charge on any atom is -0.593 e. The molecule has 112 valence electrons. The van der Waals surface area contributed by atoms with Crippen LogP contribution in [0.5, 0.6) is 0 Å². The Balaban J connectivity index is 2.16. The first-order chi connectivity index (χ1) is 9.42. The van der Waals surface area contributed by atoms with E-state index >= 15 is 0 Å². The predicted octanol–water partition coefficient (Wildman–Crippen LogP) is 1.14. The van der Waals surface area contributed by atoms with Crippen molar-refractivity contribution in [2.75, 3.05) is 6.61 Å². The van der Waals surface area contributed by atoms with Crippen LogP contribution in [-0.4, -0.2) is 33.2 Å². The highest BCUT2D eigenvalue weighted by Gasteiger charge is 2.41. The summed E-state index contributed by atoms with van der Waals surface area (Å²) in [5.74, 6) is -0.753. The van der Waals surface area contributed by atoms with Crippen molar-refractivity contribution in [1.82, 2.24) is 9.29 Å². The highest BCUT2D eigenvalue weighted by atomic mass is 32.2. The van der Waals surface area contributed by atoms with Gasteiger partial charge in [-0.25, -0.2) is 0 Å². The van der Waals surface area contributed by atoms with Gasteiger partial charge >= 0.3 is 0 Å². The summed E-state index contributed by atoms with van der Waals surface area (Å²) in [6.45, 7) is 1.92. The van der Waals surface area contributed by atoms with Crippen LogP contribution in [0.1, 0.15) is 36.7 Å². The summed E-state index contributed by atoms with van der Waals surface area (Å²) in [6, 6.07) is -0.132. The number of halogens is 1. The highest BCUT2D eigenvalue weighted by molar-refractivity contribution is 7.89. The number of nitrogens with one attached hydrogen (secondary N) is 1. The number of aldehydes is 1. The summed E-state index contributed by atoms with van der Waals surface area (Å²) in [4.78, 5) is 10.7. The molecule has 0 radical (unpaired) electrons. The number of aliphatic hydroxyl groups excluding tert-OH is 1. The number of rotatable bonds is 5. The Labute approximate surface area is 120 Å². The molecular formula is C13H19FN2O3S. The fourth-order valence-electron chi connectivity index (χ4n) is 2.66. The van der Waals surface area contributed by atoms with Crippen molar-refractivity contribution in [2.45, 2.75) is 37.1 Å². The van der Waals surface area contributed by atoms with E-state index in [2.05, 4.69) is 4.72 Å². The van der Waals surface area contributed by atoms with Crippen molar-refractivity contribution in [1.29, 1.82) is 0 Å². The van der Waals surface area contributed by atoms with Crippen LogP contribution in [-0.2, 0) is 18.4 Å². The zero-order chi connectivity index (χ0) is 14.9. The summed E-state index contributed by atoms with van der Waals surface area (Å²) < 4.78 is 30.4. The van der Waals surface area contributed by atoms with E-state index in [1.165, 1.54) is 17.8 Å². The molecule has 20 heavy (non-hydrogen) atoms. The van der Waals surface area contributed by atoms with Crippen LogP contribution in [0.25, 0.3) is 0 Å². The average molecular weight is 302 g/mol. The lowest BCUT2D eigenvalue weighted by molar-refractivity contribution is 0.111. The van der Waals surface area contributed by atoms with Crippen LogP contribution in [0.3, 0.4) is 0 Å². The van der Waals surface area contributed by atoms with Crippen molar-refractivity contribution in [3.05, 3.63) is 17.7 Å². The second-order valence-electron chi connectivity index (χ2n) is 5.56. The van der Waals surface area contributed by atoms with Gasteiger partial charge in [-0.3, -0.25) is 4.79 Å². The molecule has 1 aliphatic rings. The van der Waals surface area contributed by atoms with Gasteiger partial charge in [0.2, 0.25) is 10.7 Å². The maximum atomic E-state index is 14.0. The lowest BCUT2D eigenvalue weighted by Gasteiger charge is -2.29. The minimum absolute atomic E-state index is 0.00126. The zero-order valence-corrected chi connectivity index (χ0v) is 12.4. The third-order valence-electron chi connectivity index (χ3n) is 4.14. The smallest absolute Gasteiger partial charge is 0.227 e. The van der Waals surface area contributed by atoms with Crippen molar-refractivity contribution in [2.24, 2.45) is 12.5 Å². The molecular weight excluding hydrogens is 283 g/mol. The van der Waals surface area contributed by atoms with E-state index in [4.69, 9.17) is 0 Å². The van der Waals surface area contributed by atoms with Crippen LogP contribution in [0.4, 0.5) is 4.39 Å². The molecule has 0 saturated heterocycles. The largest absolute Gasteiger partial charge is 0.593 e. The second-order valence-corrected chi connectivity index (χ2v) is 6.78. The fraction of sp³-hybridized carbons (Fsp3) is 0.615. The van der Waals surface area contributed by atoms with Gasteiger partial charge < -0.3 is 14.2 Å². The molecule has 0 spiro atoms. The molecule has 1 saturated carbocycles. The van der Waals surface area contributed by atoms with Gasteiger partial charge in [0.25, 0.3) is 0 Å². The van der Waals surface area contributed by atoms with Gasteiger partial charge in [0, 0.05) is 12.5 Å². The number of hydrogen-bond donors (Lipinski definition) is 2. The Morgan fingerprint density at radius 3 is 3.00 bits per heavy atom. The molecule has 7 heteroatoms. The van der Waals surface area contributed by atoms with Gasteiger partial charge in [-0.1, -0.05) is 13.3 Å². The van der Waals surface area contributed by atoms with Crippen LogP contribution >= 0.6 is 0 Å². The Bertz CT molecular complexity index is 508. The predicted molar refractivity (Wildman–Crippen MR) is 73.1 cm³/mol. The molecule has 1 aromatic rings. The van der Waals surface area contributed by atoms with Crippen molar-refractivity contribution in [3.63, 3.8) is 0 Å². The van der Waals surface area contributed by atoms with E-state index in [1.54, 1.807) is 0 Å². The molecule has 0 bridgehead atoms. The molecule has 0 amide bonds. The summed E-state index contributed by atoms with van der Waals surface area (Å²) in [5.41, 5.74) is -0.458. The second kappa shape index (κ2) is 5.85. The van der Waals surface area contributed by atoms with Crippen LogP contribution in [0.2, 0.25) is 0 Å². The number of aliphatic hydroxyl groups is 1. The van der Waals surface area contributed by atoms with E-state index < -0.39 is 17.2 Å². The molecule has 0 aliphatic heterocycles. The summed E-state index contributed by atoms with van der Waals surface area (Å²) in [6.07, 6.45) is 4.33. The van der Waals surface area contributed by atoms with Gasteiger partial charge in [0.1, 0.15) is 5.69 Å². The normalized spacial score (nSPS) is 27.8. The molecule has 3 atom stereocenters. The van der Waals surface area contributed by atoms with Gasteiger partial charge in [0.15, 0.2) is 6.29 Å². The number of carbonyl (C=O) groups is 1. The van der Waals surface area contributed by atoms with E-state index in [1.807, 2.05) is 6.92 Å². The first kappa shape index (κ1) is 15.5. The monoisotopic (exact) mass is 302 g/mol. The Kier molecular flexibility index (Phi) is 4.53. The number of hydrogen-bond acceptors (Lipinski definition) is 4. The quantitative estimate of drug-likeness (QED) is 0.631. The van der Waals surface area contributed by atoms with E-state index in [0.29, 0.717) is 6.29 Å². The van der Waals surface area contributed by atoms with Gasteiger partial charge in [0.05, 0.1) is 30.2 Å². The molecule has 3 unspecified atom stereocenters. The Hall–Kier alpha value is -0.890. The molecule has 1 aliphatic carbocycles. The SMILES string of the molecule is Cn1cc([S+]([O-])NC2CCCC2(C)CO)c(F)c1C=O. The lowest BCUT2D eigenvalue weighted by Crippen LogP contribution is -2.44. The standard InChI is InChI=1S/C13H19FN2O3S/c1-13(8-18)5-3-4-11(13)15-20(19)10-6-16(2)9(7-17)12(10)14/h6-7,11,15,18H,3-5,8H2,1-2H3. The maximum absolute atomic E-state index is 14.0. The first-order valence-corrected chi connectivity index (χ1v) is 7.66. The third kappa shape index (κ3) is 2.63. The molecule has 0 aromatic carbocycles. The third-order valence-corrected chi connectivity index (χ3v) is 5.32. The van der Waals surface area contributed by atoms with Crippen LogP contribution in [0.15, 0.2) is 11.1 Å². The van der Waals surface area contributed by atoms with Crippen LogP contribution in [0, 0.1) is 11.2 Å². The Morgan fingerprint density at radius 1 is 1.75 bits per heavy atom. The molecule has 2 rings (SSSR count). The van der Waals surface area contributed by atoms with Gasteiger partial charge in [-0.05, 0) is 12.8 Å². The van der Waals surface area contributed by atoms with E-state index in [0.717, 1.165) is 19.3 Å². The number of aromatic nitrogens is 1. The fourth-order valence-corrected chi connectivity index (χ4v) is 3.97. The van der Waals surface area contributed by atoms with E-state index in [9.17, 15) is 18.8 Å². The zero-order valence-electron chi connectivity index (χ0n) is 11.6. The van der Waals surface area contributed by atoms with Gasteiger partial charge in [-0.2, -0.15) is 4.39 Å². The van der Waals surface area contributed by atoms with E-state index in [-0.39, 0.29) is 28.7 Å². The number of aryl methyl sites for hydroxylation is 1. The van der Waals surface area contributed by atoms with Crippen molar-refractivity contribution in [3.8, 4) is 0 Å². The number of carbonyl (C=O) groups excluding carboxylic acids is 1. The minimum atomic E-state index is -1.74. The van der Waals surface area contributed by atoms with Crippen LogP contribution < -0.4 is 4.72 Å². The highest BCUT2D eigenvalue weighted by Crippen LogP contribution is 2.38. The van der Waals surface area contributed by atoms with Gasteiger partial charge in [-0.15, -0.1) is 4.72 Å².